The molecule has 31 heavy (non-hydrogen) atoms. The molecule has 0 aliphatic carbocycles. The van der Waals surface area contributed by atoms with E-state index in [9.17, 15) is 9.59 Å². The highest BCUT2D eigenvalue weighted by Gasteiger charge is 2.48. The summed E-state index contributed by atoms with van der Waals surface area (Å²) in [6, 6.07) is 16.6. The lowest BCUT2D eigenvalue weighted by atomic mass is 9.76. The monoisotopic (exact) mass is 424 g/mol. The molecule has 0 saturated carbocycles. The predicted molar refractivity (Wildman–Crippen MR) is 114 cm³/mol. The Morgan fingerprint density at radius 1 is 0.968 bits per heavy atom. The second-order valence-corrected chi connectivity index (χ2v) is 8.23. The van der Waals surface area contributed by atoms with Crippen LogP contribution in [0.5, 0.6) is 0 Å². The van der Waals surface area contributed by atoms with Gasteiger partial charge in [0.05, 0.1) is 17.8 Å². The fourth-order valence-corrected chi connectivity index (χ4v) is 4.70. The Balaban J connectivity index is 1.23. The maximum atomic E-state index is 11.9. The molecular formula is C24H28N2O5. The number of rotatable bonds is 9. The summed E-state index contributed by atoms with van der Waals surface area (Å²) < 4.78 is 11.4. The van der Waals surface area contributed by atoms with Crippen LogP contribution in [-0.4, -0.2) is 35.9 Å². The molecule has 2 bridgehead atoms. The van der Waals surface area contributed by atoms with Gasteiger partial charge in [-0.3, -0.25) is 5.43 Å². The van der Waals surface area contributed by atoms with Crippen LogP contribution in [0.1, 0.15) is 40.7 Å². The highest BCUT2D eigenvalue weighted by Crippen LogP contribution is 2.45. The first-order valence-corrected chi connectivity index (χ1v) is 10.8. The number of carboxylic acids is 1. The van der Waals surface area contributed by atoms with E-state index in [-0.39, 0.29) is 18.8 Å². The highest BCUT2D eigenvalue weighted by molar-refractivity contribution is 5.87. The third kappa shape index (κ3) is 5.42. The van der Waals surface area contributed by atoms with E-state index in [2.05, 4.69) is 10.9 Å². The van der Waals surface area contributed by atoms with E-state index < -0.39 is 12.1 Å². The van der Waals surface area contributed by atoms with Gasteiger partial charge in [-0.2, -0.15) is 0 Å². The minimum atomic E-state index is -0.908. The third-order valence-corrected chi connectivity index (χ3v) is 6.30. The van der Waals surface area contributed by atoms with Crippen LogP contribution in [0.15, 0.2) is 54.6 Å². The molecule has 164 valence electrons. The maximum Gasteiger partial charge on any atom is 0.421 e. The fourth-order valence-electron chi connectivity index (χ4n) is 4.70. The van der Waals surface area contributed by atoms with Gasteiger partial charge in [0.1, 0.15) is 6.61 Å². The molecular weight excluding hydrogens is 396 g/mol. The zero-order valence-electron chi connectivity index (χ0n) is 17.3. The van der Waals surface area contributed by atoms with Crippen molar-refractivity contribution in [3.05, 3.63) is 71.3 Å². The van der Waals surface area contributed by atoms with Gasteiger partial charge in [0.25, 0.3) is 0 Å². The average Bonchev–Trinajstić information content (AvgIpc) is 3.39. The Kier molecular flexibility index (Phi) is 6.84. The Morgan fingerprint density at radius 2 is 1.68 bits per heavy atom. The Morgan fingerprint density at radius 3 is 2.39 bits per heavy atom. The number of hydrogen-bond donors (Lipinski definition) is 3. The van der Waals surface area contributed by atoms with Crippen molar-refractivity contribution in [1.82, 2.24) is 10.9 Å². The van der Waals surface area contributed by atoms with Gasteiger partial charge in [-0.25, -0.2) is 15.0 Å². The number of hydrogen-bond acceptors (Lipinski definition) is 5. The Hall–Kier alpha value is -2.90. The second-order valence-electron chi connectivity index (χ2n) is 8.23. The largest absolute Gasteiger partial charge is 0.478 e. The van der Waals surface area contributed by atoms with Crippen LogP contribution in [0.2, 0.25) is 0 Å². The molecule has 7 heteroatoms. The summed E-state index contributed by atoms with van der Waals surface area (Å²) >= 11 is 0. The van der Waals surface area contributed by atoms with Gasteiger partial charge in [0.15, 0.2) is 0 Å². The molecule has 2 fully saturated rings. The molecule has 2 aliphatic rings. The molecule has 4 rings (SSSR count). The lowest BCUT2D eigenvalue weighted by molar-refractivity contribution is 0.0696. The first kappa shape index (κ1) is 21.3. The second kappa shape index (κ2) is 9.94. The molecule has 7 nitrogen and oxygen atoms in total. The van der Waals surface area contributed by atoms with Crippen LogP contribution in [0, 0.1) is 11.8 Å². The van der Waals surface area contributed by atoms with E-state index >= 15 is 0 Å². The van der Waals surface area contributed by atoms with E-state index in [1.807, 2.05) is 42.5 Å². The van der Waals surface area contributed by atoms with Gasteiger partial charge in [-0.05, 0) is 54.9 Å². The standard InChI is InChI=1S/C24H28N2O5/c27-23(28)18-9-6-16(7-10-18)8-11-19-20(22-13-12-21(19)31-22)14-25-26-24(29)30-15-17-4-2-1-3-5-17/h1-7,9-10,19-22,25H,8,11-15H2,(H,26,29)(H,27,28). The van der Waals surface area contributed by atoms with Crippen LogP contribution in [0.3, 0.4) is 0 Å². The fraction of sp³-hybridized carbons (Fsp3) is 0.417. The molecule has 0 aromatic heterocycles. The zero-order valence-corrected chi connectivity index (χ0v) is 17.3. The summed E-state index contributed by atoms with van der Waals surface area (Å²) in [4.78, 5) is 23.0. The van der Waals surface area contributed by atoms with E-state index in [1.165, 1.54) is 0 Å². The number of hydrazine groups is 1. The lowest BCUT2D eigenvalue weighted by Crippen LogP contribution is -2.44. The van der Waals surface area contributed by atoms with Gasteiger partial charge in [-0.1, -0.05) is 42.5 Å². The average molecular weight is 424 g/mol. The SMILES string of the molecule is O=C(NNCC1C2CCC(O2)C1CCc1ccc(C(=O)O)cc1)OCc1ccccc1. The van der Waals surface area contributed by atoms with Crippen LogP contribution < -0.4 is 10.9 Å². The van der Waals surface area contributed by atoms with Crippen LogP contribution >= 0.6 is 0 Å². The molecule has 3 N–H and O–H groups in total. The number of amides is 1. The molecule has 1 amide bonds. The number of aryl methyl sites for hydroxylation is 1. The smallest absolute Gasteiger partial charge is 0.421 e. The molecule has 0 spiro atoms. The predicted octanol–water partition coefficient (Wildman–Crippen LogP) is 3.54. The normalized spacial score (nSPS) is 24.1. The van der Waals surface area contributed by atoms with Crippen molar-refractivity contribution < 1.29 is 24.2 Å². The minimum Gasteiger partial charge on any atom is -0.478 e. The first-order chi connectivity index (χ1) is 15.1. The molecule has 2 aromatic carbocycles. The number of carbonyl (C=O) groups excluding carboxylic acids is 1. The molecule has 2 saturated heterocycles. The number of nitrogens with one attached hydrogen (secondary N) is 2. The van der Waals surface area contributed by atoms with Crippen molar-refractivity contribution in [1.29, 1.82) is 0 Å². The van der Waals surface area contributed by atoms with Gasteiger partial charge in [0.2, 0.25) is 0 Å². The van der Waals surface area contributed by atoms with Crippen LogP contribution in [0.25, 0.3) is 0 Å². The van der Waals surface area contributed by atoms with Crippen LogP contribution in [0.4, 0.5) is 4.79 Å². The molecule has 0 radical (unpaired) electrons. The van der Waals surface area contributed by atoms with Crippen LogP contribution in [-0.2, 0) is 22.5 Å². The quantitative estimate of drug-likeness (QED) is 0.533. The Labute approximate surface area is 181 Å². The summed E-state index contributed by atoms with van der Waals surface area (Å²) in [5, 5.41) is 9.04. The summed E-state index contributed by atoms with van der Waals surface area (Å²) in [7, 11) is 0. The van der Waals surface area contributed by atoms with E-state index in [0.717, 1.165) is 36.8 Å². The van der Waals surface area contributed by atoms with Gasteiger partial charge >= 0.3 is 12.1 Å². The molecule has 2 aliphatic heterocycles. The number of aromatic carboxylic acids is 1. The summed E-state index contributed by atoms with van der Waals surface area (Å²) in [5.41, 5.74) is 8.03. The van der Waals surface area contributed by atoms with Crippen molar-refractivity contribution in [2.75, 3.05) is 6.54 Å². The third-order valence-electron chi connectivity index (χ3n) is 6.30. The summed E-state index contributed by atoms with van der Waals surface area (Å²) in [6.07, 6.45) is 3.97. The summed E-state index contributed by atoms with van der Waals surface area (Å²) in [6.45, 7) is 0.860. The number of carbonyl (C=O) groups is 2. The molecule has 4 atom stereocenters. The van der Waals surface area contributed by atoms with Gasteiger partial charge < -0.3 is 14.6 Å². The Bertz CT molecular complexity index is 887. The molecule has 4 unspecified atom stereocenters. The molecule has 2 heterocycles. The van der Waals surface area contributed by atoms with Crippen molar-refractivity contribution >= 4 is 12.1 Å². The first-order valence-electron chi connectivity index (χ1n) is 10.8. The maximum absolute atomic E-state index is 11.9. The van der Waals surface area contributed by atoms with E-state index in [0.29, 0.717) is 23.9 Å². The van der Waals surface area contributed by atoms with Crippen molar-refractivity contribution in [3.8, 4) is 0 Å². The summed E-state index contributed by atoms with van der Waals surface area (Å²) in [5.74, 6) is -0.173. The zero-order chi connectivity index (χ0) is 21.6. The highest BCUT2D eigenvalue weighted by atomic mass is 16.6. The van der Waals surface area contributed by atoms with Crippen molar-refractivity contribution in [2.45, 2.75) is 44.5 Å². The van der Waals surface area contributed by atoms with Gasteiger partial charge in [0, 0.05) is 12.5 Å². The number of ether oxygens (including phenoxy) is 2. The molecule has 2 aromatic rings. The number of carboxylic acid groups (broad SMARTS) is 1. The lowest BCUT2D eigenvalue weighted by Gasteiger charge is -2.28. The number of fused-ring (bicyclic) bond motifs is 2. The van der Waals surface area contributed by atoms with Gasteiger partial charge in [-0.15, -0.1) is 0 Å². The van der Waals surface area contributed by atoms with E-state index in [4.69, 9.17) is 14.6 Å². The topological polar surface area (TPSA) is 96.9 Å². The number of benzene rings is 2. The van der Waals surface area contributed by atoms with Crippen molar-refractivity contribution in [3.63, 3.8) is 0 Å². The minimum absolute atomic E-state index is 0.221. The van der Waals surface area contributed by atoms with E-state index in [1.54, 1.807) is 12.1 Å². The van der Waals surface area contributed by atoms with Crippen molar-refractivity contribution in [2.24, 2.45) is 11.8 Å².